The zero-order chi connectivity index (χ0) is 45.6. The highest BCUT2D eigenvalue weighted by Gasteiger charge is 2.31. The van der Waals surface area contributed by atoms with Crippen molar-refractivity contribution in [3.05, 3.63) is 175 Å². The minimum atomic E-state index is -0.144. The normalized spacial score (nSPS) is 12.2. The highest BCUT2D eigenvalue weighted by Crippen LogP contribution is 2.54. The van der Waals surface area contributed by atoms with Gasteiger partial charge in [-0.05, 0) is 103 Å². The second kappa shape index (κ2) is 14.9. The third kappa shape index (κ3) is 6.01. The second-order valence-corrected chi connectivity index (χ2v) is 16.7. The Bertz CT molecular complexity index is 4230. The van der Waals surface area contributed by atoms with Gasteiger partial charge in [-0.2, -0.15) is 0 Å². The summed E-state index contributed by atoms with van der Waals surface area (Å²) in [5.41, 5.74) is 8.75. The Labute approximate surface area is 385 Å². The molecule has 13 rings (SSSR count). The summed E-state index contributed by atoms with van der Waals surface area (Å²) in [6, 6.07) is 39.3. The van der Waals surface area contributed by atoms with E-state index in [4.69, 9.17) is 9.97 Å². The van der Waals surface area contributed by atoms with Crippen molar-refractivity contribution in [1.29, 1.82) is 0 Å². The van der Waals surface area contributed by atoms with Crippen molar-refractivity contribution in [2.24, 2.45) is 0 Å². The summed E-state index contributed by atoms with van der Waals surface area (Å²) in [4.78, 5) is 32.4. The predicted molar refractivity (Wildman–Crippen MR) is 268 cm³/mol. The third-order valence-corrected chi connectivity index (χ3v) is 12.7. The maximum atomic E-state index is 12.8. The van der Waals surface area contributed by atoms with Crippen LogP contribution in [0.4, 0.5) is 0 Å². The van der Waals surface area contributed by atoms with Crippen molar-refractivity contribution in [1.82, 2.24) is 39.5 Å². The van der Waals surface area contributed by atoms with Gasteiger partial charge in [-0.25, -0.2) is 9.97 Å². The highest BCUT2D eigenvalue weighted by molar-refractivity contribution is 6.16. The number of fused-ring (bicyclic) bond motifs is 12. The molecule has 0 fully saturated rings. The van der Waals surface area contributed by atoms with E-state index in [-0.39, 0.29) is 23.0 Å². The highest BCUT2D eigenvalue weighted by atomic mass is 16.3. The van der Waals surface area contributed by atoms with Gasteiger partial charge < -0.3 is 30.0 Å². The van der Waals surface area contributed by atoms with Gasteiger partial charge in [0.1, 0.15) is 39.3 Å². The van der Waals surface area contributed by atoms with Gasteiger partial charge in [-0.15, -0.1) is 0 Å². The van der Waals surface area contributed by atoms with Crippen molar-refractivity contribution in [3.63, 3.8) is 0 Å². The van der Waals surface area contributed by atoms with Crippen molar-refractivity contribution in [2.75, 3.05) is 0 Å². The smallest absolute Gasteiger partial charge is 0.166 e. The minimum absolute atomic E-state index is 0.120. The lowest BCUT2D eigenvalue weighted by Crippen LogP contribution is -1.99. The van der Waals surface area contributed by atoms with Crippen LogP contribution in [0, 0.1) is 0 Å². The number of hydrogen-bond donors (Lipinski definition) is 5. The van der Waals surface area contributed by atoms with Crippen LogP contribution in [0.3, 0.4) is 0 Å². The number of nitrogens with one attached hydrogen (secondary N) is 1. The van der Waals surface area contributed by atoms with Crippen LogP contribution in [0.2, 0.25) is 0 Å². The van der Waals surface area contributed by atoms with E-state index in [1.807, 2.05) is 144 Å². The second-order valence-electron chi connectivity index (χ2n) is 16.7. The van der Waals surface area contributed by atoms with Gasteiger partial charge in [-0.3, -0.25) is 19.9 Å². The fraction of sp³-hybridized carbons (Fsp3) is 0. The first kappa shape index (κ1) is 38.8. The summed E-state index contributed by atoms with van der Waals surface area (Å²) in [6.45, 7) is 0. The molecule has 68 heavy (non-hydrogen) atoms. The Balaban J connectivity index is 1.37. The van der Waals surface area contributed by atoms with Crippen LogP contribution < -0.4 is 0 Å². The lowest BCUT2D eigenvalue weighted by molar-refractivity contribution is 0.478. The lowest BCUT2D eigenvalue weighted by atomic mass is 9.90. The third-order valence-electron chi connectivity index (χ3n) is 12.7. The van der Waals surface area contributed by atoms with E-state index in [1.54, 1.807) is 36.9 Å². The largest absolute Gasteiger partial charge is 0.505 e. The summed E-state index contributed by atoms with van der Waals surface area (Å²) in [7, 11) is 0. The number of rotatable bonds is 4. The minimum Gasteiger partial charge on any atom is -0.505 e. The summed E-state index contributed by atoms with van der Waals surface area (Å²) in [6.07, 6.45) is 14.1. The molecule has 8 bridgehead atoms. The molecule has 0 amide bonds. The molecule has 0 radical (unpaired) electrons. The average molecular weight is 883 g/mol. The van der Waals surface area contributed by atoms with E-state index in [2.05, 4.69) is 24.9 Å². The van der Waals surface area contributed by atoms with Crippen LogP contribution >= 0.6 is 0 Å². The van der Waals surface area contributed by atoms with E-state index in [1.165, 1.54) is 0 Å². The number of aromatic nitrogens is 8. The molecule has 12 nitrogen and oxygen atoms in total. The number of benzene rings is 4. The fourth-order valence-corrected chi connectivity index (χ4v) is 9.64. The molecule has 2 aliphatic heterocycles. The van der Waals surface area contributed by atoms with E-state index < -0.39 is 0 Å². The average Bonchev–Trinajstić information content (AvgIpc) is 4.19. The predicted octanol–water partition coefficient (Wildman–Crippen LogP) is 12.1. The summed E-state index contributed by atoms with van der Waals surface area (Å²) < 4.78 is 1.88. The van der Waals surface area contributed by atoms with Gasteiger partial charge in [0.15, 0.2) is 5.75 Å². The van der Waals surface area contributed by atoms with Crippen LogP contribution in [0.5, 0.6) is 23.0 Å². The molecule has 322 valence electrons. The molecule has 0 saturated carbocycles. The maximum Gasteiger partial charge on any atom is 0.166 e. The van der Waals surface area contributed by atoms with Crippen LogP contribution in [0.15, 0.2) is 152 Å². The first-order valence-corrected chi connectivity index (χ1v) is 21.8. The van der Waals surface area contributed by atoms with E-state index in [0.717, 1.165) is 11.0 Å². The molecule has 0 atom stereocenters. The summed E-state index contributed by atoms with van der Waals surface area (Å²) in [5, 5.41) is 53.6. The first-order chi connectivity index (χ1) is 33.4. The Morgan fingerprint density at radius 1 is 0.397 bits per heavy atom. The number of phenolic OH excluding ortho intramolecular Hbond substituents is 4. The maximum absolute atomic E-state index is 12.8. The van der Waals surface area contributed by atoms with Crippen molar-refractivity contribution >= 4 is 90.0 Å². The van der Waals surface area contributed by atoms with Gasteiger partial charge in [-0.1, -0.05) is 48.5 Å². The summed E-state index contributed by atoms with van der Waals surface area (Å²) >= 11 is 0. The molecule has 0 aliphatic carbocycles. The number of aromatic hydroxyl groups is 4. The number of pyridine rings is 4. The molecule has 0 spiro atoms. The molecule has 7 aromatic heterocycles. The molecular formula is C56H34N8O4. The zero-order valence-corrected chi connectivity index (χ0v) is 35.7. The van der Waals surface area contributed by atoms with Crippen LogP contribution in [0.25, 0.3) is 129 Å². The van der Waals surface area contributed by atoms with Crippen molar-refractivity contribution in [3.8, 4) is 62.1 Å². The monoisotopic (exact) mass is 882 g/mol. The van der Waals surface area contributed by atoms with Gasteiger partial charge in [0.25, 0.3) is 0 Å². The quantitative estimate of drug-likeness (QED) is 0.114. The zero-order valence-electron chi connectivity index (χ0n) is 35.7. The van der Waals surface area contributed by atoms with E-state index >= 15 is 0 Å². The van der Waals surface area contributed by atoms with Gasteiger partial charge in [0.2, 0.25) is 0 Å². The molecule has 0 saturated heterocycles. The van der Waals surface area contributed by atoms with E-state index in [9.17, 15) is 20.4 Å². The fourth-order valence-electron chi connectivity index (χ4n) is 9.64. The van der Waals surface area contributed by atoms with Crippen LogP contribution in [-0.2, 0) is 0 Å². The Morgan fingerprint density at radius 3 is 1.38 bits per heavy atom. The van der Waals surface area contributed by atoms with Gasteiger partial charge >= 0.3 is 0 Å². The number of aromatic amines is 1. The van der Waals surface area contributed by atoms with Crippen molar-refractivity contribution < 1.29 is 20.4 Å². The van der Waals surface area contributed by atoms with Gasteiger partial charge in [0, 0.05) is 90.7 Å². The Morgan fingerprint density at radius 2 is 0.838 bits per heavy atom. The van der Waals surface area contributed by atoms with E-state index in [0.29, 0.717) is 116 Å². The van der Waals surface area contributed by atoms with Crippen LogP contribution in [-0.4, -0.2) is 59.9 Å². The Kier molecular flexibility index (Phi) is 8.51. The molecule has 5 N–H and O–H groups in total. The van der Waals surface area contributed by atoms with Crippen molar-refractivity contribution in [2.45, 2.75) is 0 Å². The molecule has 12 heteroatoms. The van der Waals surface area contributed by atoms with Gasteiger partial charge in [0.05, 0.1) is 39.5 Å². The first-order valence-electron chi connectivity index (χ1n) is 21.8. The summed E-state index contributed by atoms with van der Waals surface area (Å²) in [5.74, 6) is -0.521. The van der Waals surface area contributed by atoms with Crippen LogP contribution in [0.1, 0.15) is 22.8 Å². The topological polar surface area (TPSA) is 179 Å². The number of hydrogen-bond acceptors (Lipinski definition) is 10. The SMILES string of the molecule is Oc1c(-c2c(-c3ccc4cccnc4c3O)c3c(-c4ccc5cccnc5c4O)c4nc(cc5ccc(cc6nc(cc2n3-c2ccc3cccnc3c2O)C=C6)[nH]5)C=C4)ccc2cccnc12. The number of nitrogens with zero attached hydrogens (tertiary/aromatic N) is 7. The molecule has 0 unspecified atom stereocenters. The molecule has 4 aromatic carbocycles. The molecule has 11 aromatic rings. The lowest BCUT2D eigenvalue weighted by Gasteiger charge is -2.17. The molecular weight excluding hydrogens is 849 g/mol. The number of phenols is 4. The number of H-pyrrole nitrogens is 1. The molecule has 2 aliphatic rings. The standard InChI is InChI=1S/C56H34N8O4/c65-53-39(18-9-30-5-1-23-57-48(30)53)45-42-21-17-37(63-42)28-36-14-13-34(61-36)27-35-15-16-38(62-35)29-44-46(40-19-10-31-6-2-24-58-49(31)54(40)66)47(41-20-11-32-7-3-25-59-50(32)55(41)67)52(45)64(44)43-22-12-33-8-4-26-60-51(33)56(43)68/h1-29,61,65-68H. The molecule has 9 heterocycles. The Hall–Kier alpha value is -9.68.